The Kier molecular flexibility index (Phi) is 1.83. The Balaban J connectivity index is 1.56. The molecule has 2 aliphatic carbocycles. The molecule has 0 aliphatic heterocycles. The van der Waals surface area contributed by atoms with Crippen LogP contribution in [-0.2, 0) is 0 Å². The van der Waals surface area contributed by atoms with Gasteiger partial charge in [0.05, 0.1) is 11.7 Å². The third kappa shape index (κ3) is 1.38. The van der Waals surface area contributed by atoms with Gasteiger partial charge in [-0.3, -0.25) is 5.10 Å². The average molecular weight is 225 g/mol. The molecule has 0 bridgehead atoms. The summed E-state index contributed by atoms with van der Waals surface area (Å²) in [4.78, 5) is 0. The van der Waals surface area contributed by atoms with Crippen molar-refractivity contribution in [1.29, 1.82) is 0 Å². The molecule has 1 aromatic carbocycles. The lowest BCUT2D eigenvalue weighted by Gasteiger charge is -2.41. The molecule has 3 heteroatoms. The predicted octanol–water partition coefficient (Wildman–Crippen LogP) is 2.94. The van der Waals surface area contributed by atoms with E-state index >= 15 is 0 Å². The standard InChI is InChI=1S/C14H15N3/c1-2-9-7-14(12(9)3-1)16-11-4-5-13-10(6-11)8-15-17-13/h1,3-6,8-9,12,14,16H,2,7H2,(H,15,17). The summed E-state index contributed by atoms with van der Waals surface area (Å²) < 4.78 is 0. The monoisotopic (exact) mass is 225 g/mol. The number of aromatic amines is 1. The third-order valence-electron chi connectivity index (χ3n) is 4.16. The molecule has 17 heavy (non-hydrogen) atoms. The van der Waals surface area contributed by atoms with Gasteiger partial charge in [0.15, 0.2) is 0 Å². The van der Waals surface area contributed by atoms with E-state index in [9.17, 15) is 0 Å². The van der Waals surface area contributed by atoms with Crippen LogP contribution in [-0.4, -0.2) is 16.2 Å². The van der Waals surface area contributed by atoms with E-state index < -0.39 is 0 Å². The van der Waals surface area contributed by atoms with Crippen LogP contribution in [0.5, 0.6) is 0 Å². The molecule has 1 aromatic heterocycles. The summed E-state index contributed by atoms with van der Waals surface area (Å²) in [5.74, 6) is 1.67. The van der Waals surface area contributed by atoms with Crippen LogP contribution < -0.4 is 5.32 Å². The van der Waals surface area contributed by atoms with Gasteiger partial charge in [0.2, 0.25) is 0 Å². The number of allylic oxidation sites excluding steroid dienone is 1. The molecule has 86 valence electrons. The maximum Gasteiger partial charge on any atom is 0.0651 e. The molecule has 0 radical (unpaired) electrons. The first-order valence-corrected chi connectivity index (χ1v) is 6.26. The largest absolute Gasteiger partial charge is 0.382 e. The van der Waals surface area contributed by atoms with Crippen LogP contribution in [0.4, 0.5) is 5.69 Å². The van der Waals surface area contributed by atoms with Gasteiger partial charge in [0.25, 0.3) is 0 Å². The van der Waals surface area contributed by atoms with Gasteiger partial charge in [0, 0.05) is 23.0 Å². The van der Waals surface area contributed by atoms with Gasteiger partial charge in [-0.15, -0.1) is 0 Å². The molecule has 3 atom stereocenters. The molecule has 3 unspecified atom stereocenters. The molecule has 0 amide bonds. The number of rotatable bonds is 2. The maximum absolute atomic E-state index is 4.04. The first-order valence-electron chi connectivity index (χ1n) is 6.26. The van der Waals surface area contributed by atoms with Crippen LogP contribution in [0.25, 0.3) is 10.9 Å². The molecule has 2 N–H and O–H groups in total. The van der Waals surface area contributed by atoms with Crippen molar-refractivity contribution in [2.24, 2.45) is 11.8 Å². The van der Waals surface area contributed by atoms with Crippen molar-refractivity contribution in [1.82, 2.24) is 10.2 Å². The summed E-state index contributed by atoms with van der Waals surface area (Å²) in [5.41, 5.74) is 2.31. The Morgan fingerprint density at radius 3 is 3.29 bits per heavy atom. The van der Waals surface area contributed by atoms with Crippen molar-refractivity contribution in [2.75, 3.05) is 5.32 Å². The van der Waals surface area contributed by atoms with E-state index in [2.05, 4.69) is 45.9 Å². The first-order chi connectivity index (χ1) is 8.40. The third-order valence-corrected chi connectivity index (χ3v) is 4.16. The van der Waals surface area contributed by atoms with Crippen molar-refractivity contribution in [3.8, 4) is 0 Å². The van der Waals surface area contributed by atoms with E-state index in [1.54, 1.807) is 0 Å². The van der Waals surface area contributed by atoms with Crippen molar-refractivity contribution in [2.45, 2.75) is 18.9 Å². The fourth-order valence-corrected chi connectivity index (χ4v) is 3.13. The Labute approximate surface area is 99.9 Å². The summed E-state index contributed by atoms with van der Waals surface area (Å²) in [6.07, 6.45) is 9.17. The predicted molar refractivity (Wildman–Crippen MR) is 68.9 cm³/mol. The minimum Gasteiger partial charge on any atom is -0.382 e. The van der Waals surface area contributed by atoms with Crippen LogP contribution >= 0.6 is 0 Å². The number of nitrogens with one attached hydrogen (secondary N) is 2. The quantitative estimate of drug-likeness (QED) is 0.771. The summed E-state index contributed by atoms with van der Waals surface area (Å²) in [6.45, 7) is 0. The molecule has 4 rings (SSSR count). The van der Waals surface area contributed by atoms with E-state index in [0.29, 0.717) is 6.04 Å². The zero-order valence-corrected chi connectivity index (χ0v) is 9.56. The van der Waals surface area contributed by atoms with Gasteiger partial charge in [0.1, 0.15) is 0 Å². The van der Waals surface area contributed by atoms with Crippen LogP contribution in [0, 0.1) is 11.8 Å². The van der Waals surface area contributed by atoms with E-state index in [1.165, 1.54) is 23.9 Å². The highest BCUT2D eigenvalue weighted by molar-refractivity contribution is 5.81. The number of anilines is 1. The van der Waals surface area contributed by atoms with E-state index in [4.69, 9.17) is 0 Å². The Bertz CT molecular complexity index is 584. The van der Waals surface area contributed by atoms with Crippen molar-refractivity contribution >= 4 is 16.6 Å². The number of hydrogen-bond acceptors (Lipinski definition) is 2. The van der Waals surface area contributed by atoms with Crippen molar-refractivity contribution in [3.05, 3.63) is 36.5 Å². The second kappa shape index (κ2) is 3.36. The Morgan fingerprint density at radius 2 is 2.35 bits per heavy atom. The smallest absolute Gasteiger partial charge is 0.0651 e. The van der Waals surface area contributed by atoms with Crippen LogP contribution in [0.15, 0.2) is 36.5 Å². The number of fused-ring (bicyclic) bond motifs is 2. The second-order valence-corrected chi connectivity index (χ2v) is 5.16. The highest BCUT2D eigenvalue weighted by Gasteiger charge is 2.40. The number of hydrogen-bond donors (Lipinski definition) is 2. The van der Waals surface area contributed by atoms with Crippen LogP contribution in [0.2, 0.25) is 0 Å². The first kappa shape index (κ1) is 9.28. The molecular weight excluding hydrogens is 210 g/mol. The number of benzene rings is 1. The van der Waals surface area contributed by atoms with Crippen LogP contribution in [0.3, 0.4) is 0 Å². The molecule has 0 spiro atoms. The zero-order valence-electron chi connectivity index (χ0n) is 9.56. The van der Waals surface area contributed by atoms with E-state index in [-0.39, 0.29) is 0 Å². The highest BCUT2D eigenvalue weighted by atomic mass is 15.1. The van der Waals surface area contributed by atoms with Crippen LogP contribution in [0.1, 0.15) is 12.8 Å². The zero-order chi connectivity index (χ0) is 11.2. The van der Waals surface area contributed by atoms with E-state index in [0.717, 1.165) is 17.4 Å². The summed E-state index contributed by atoms with van der Waals surface area (Å²) in [7, 11) is 0. The highest BCUT2D eigenvalue weighted by Crippen LogP contribution is 2.44. The SMILES string of the molecule is C1=CC2C(C1)CC2Nc1ccc2[nH]ncc2c1. The van der Waals surface area contributed by atoms with Gasteiger partial charge in [-0.25, -0.2) is 0 Å². The fraction of sp³-hybridized carbons (Fsp3) is 0.357. The number of aromatic nitrogens is 2. The van der Waals surface area contributed by atoms with E-state index in [1.807, 2.05) is 6.20 Å². The van der Waals surface area contributed by atoms with Crippen molar-refractivity contribution in [3.63, 3.8) is 0 Å². The van der Waals surface area contributed by atoms with Gasteiger partial charge in [-0.05, 0) is 37.0 Å². The number of nitrogens with zero attached hydrogens (tertiary/aromatic N) is 1. The molecule has 1 fully saturated rings. The molecule has 2 aromatic rings. The summed E-state index contributed by atoms with van der Waals surface area (Å²) >= 11 is 0. The minimum absolute atomic E-state index is 0.628. The van der Waals surface area contributed by atoms with Gasteiger partial charge in [-0.1, -0.05) is 12.2 Å². The second-order valence-electron chi connectivity index (χ2n) is 5.16. The lowest BCUT2D eigenvalue weighted by molar-refractivity contribution is 0.218. The molecule has 3 nitrogen and oxygen atoms in total. The lowest BCUT2D eigenvalue weighted by atomic mass is 9.71. The van der Waals surface area contributed by atoms with Gasteiger partial charge >= 0.3 is 0 Å². The molecule has 1 heterocycles. The van der Waals surface area contributed by atoms with Gasteiger partial charge in [-0.2, -0.15) is 5.10 Å². The normalized spacial score (nSPS) is 30.2. The molecular formula is C14H15N3. The molecule has 0 saturated heterocycles. The maximum atomic E-state index is 4.04. The summed E-state index contributed by atoms with van der Waals surface area (Å²) in [5, 5.41) is 11.8. The Hall–Kier alpha value is -1.77. The topological polar surface area (TPSA) is 40.7 Å². The molecule has 1 saturated carbocycles. The summed E-state index contributed by atoms with van der Waals surface area (Å²) in [6, 6.07) is 7.02. The average Bonchev–Trinajstić information content (AvgIpc) is 2.91. The van der Waals surface area contributed by atoms with Crippen molar-refractivity contribution < 1.29 is 0 Å². The lowest BCUT2D eigenvalue weighted by Crippen LogP contribution is -2.43. The van der Waals surface area contributed by atoms with Gasteiger partial charge < -0.3 is 5.32 Å². The number of H-pyrrole nitrogens is 1. The molecule has 2 aliphatic rings. The fourth-order valence-electron chi connectivity index (χ4n) is 3.13. The minimum atomic E-state index is 0.628. The Morgan fingerprint density at radius 1 is 1.35 bits per heavy atom.